The Kier molecular flexibility index (Phi) is 5.13. The molecule has 144 valence electrons. The molecule has 0 aliphatic heterocycles. The summed E-state index contributed by atoms with van der Waals surface area (Å²) in [4.78, 5) is 34.2. The molecule has 0 amide bonds. The normalized spacial score (nSPS) is 17.6. The molecule has 2 aromatic heterocycles. The second-order valence-corrected chi connectivity index (χ2v) is 8.39. The summed E-state index contributed by atoms with van der Waals surface area (Å²) in [6.07, 6.45) is 5.47. The van der Waals surface area contributed by atoms with Crippen molar-refractivity contribution in [2.75, 3.05) is 0 Å². The first-order chi connectivity index (χ1) is 13.5. The highest BCUT2D eigenvalue weighted by Crippen LogP contribution is 2.35. The highest BCUT2D eigenvalue weighted by molar-refractivity contribution is 7.18. The lowest BCUT2D eigenvalue weighted by Crippen LogP contribution is -2.17. The Balaban J connectivity index is 1.54. The second-order valence-electron chi connectivity index (χ2n) is 7.31. The van der Waals surface area contributed by atoms with E-state index in [4.69, 9.17) is 4.74 Å². The third-order valence-corrected chi connectivity index (χ3v) is 6.22. The Labute approximate surface area is 167 Å². The lowest BCUT2D eigenvalue weighted by atomic mass is 9.89. The number of ether oxygens (including phenoxy) is 1. The van der Waals surface area contributed by atoms with Crippen LogP contribution in [0.4, 0.5) is 0 Å². The average molecular weight is 394 g/mol. The van der Waals surface area contributed by atoms with Gasteiger partial charge in [0.05, 0.1) is 5.39 Å². The van der Waals surface area contributed by atoms with Crippen LogP contribution >= 0.6 is 11.3 Å². The first-order valence-corrected chi connectivity index (χ1v) is 10.3. The Morgan fingerprint density at radius 2 is 2.14 bits per heavy atom. The van der Waals surface area contributed by atoms with Gasteiger partial charge in [-0.15, -0.1) is 11.3 Å². The second kappa shape index (κ2) is 7.72. The zero-order chi connectivity index (χ0) is 19.7. The van der Waals surface area contributed by atoms with Gasteiger partial charge in [-0.1, -0.05) is 37.3 Å². The molecule has 2 atom stereocenters. The van der Waals surface area contributed by atoms with E-state index < -0.39 is 12.1 Å². The standard InChI is InChI=1S/C22H22N2O3S/c1-13-8-10-16-17(12-13)28-22-19(16)21(26)23-20(24-22)14(2)27-18(25)11-9-15-6-4-3-5-7-15/h3-7,9,11,13-14H,8,10,12H2,1-2H3,(H,23,24,26)/b11-9+/t13-,14+/m1/s1. The monoisotopic (exact) mass is 394 g/mol. The lowest BCUT2D eigenvalue weighted by Gasteiger charge is -2.17. The topological polar surface area (TPSA) is 72.0 Å². The summed E-state index contributed by atoms with van der Waals surface area (Å²) >= 11 is 1.59. The largest absolute Gasteiger partial charge is 0.451 e. The molecule has 3 aromatic rings. The number of thiophene rings is 1. The summed E-state index contributed by atoms with van der Waals surface area (Å²) in [6.45, 7) is 3.95. The van der Waals surface area contributed by atoms with E-state index in [2.05, 4.69) is 16.9 Å². The quantitative estimate of drug-likeness (QED) is 0.525. The van der Waals surface area contributed by atoms with Crippen molar-refractivity contribution in [2.45, 2.75) is 39.2 Å². The Bertz CT molecular complexity index is 1100. The molecule has 1 N–H and O–H groups in total. The van der Waals surface area contributed by atoms with E-state index in [1.165, 1.54) is 11.0 Å². The molecule has 0 radical (unpaired) electrons. The predicted octanol–water partition coefficient (Wildman–Crippen LogP) is 4.43. The van der Waals surface area contributed by atoms with Crippen molar-refractivity contribution in [1.29, 1.82) is 0 Å². The molecule has 0 spiro atoms. The van der Waals surface area contributed by atoms with E-state index in [0.717, 1.165) is 35.2 Å². The summed E-state index contributed by atoms with van der Waals surface area (Å²) < 4.78 is 5.43. The summed E-state index contributed by atoms with van der Waals surface area (Å²) in [5.74, 6) is 0.541. The minimum Gasteiger partial charge on any atom is -0.451 e. The third-order valence-electron chi connectivity index (χ3n) is 5.07. The number of carbonyl (C=O) groups excluding carboxylic acids is 1. The van der Waals surface area contributed by atoms with Crippen molar-refractivity contribution < 1.29 is 9.53 Å². The van der Waals surface area contributed by atoms with Crippen LogP contribution in [0.1, 0.15) is 48.2 Å². The Morgan fingerprint density at radius 1 is 1.36 bits per heavy atom. The van der Waals surface area contributed by atoms with E-state index in [9.17, 15) is 9.59 Å². The van der Waals surface area contributed by atoms with Gasteiger partial charge in [0.2, 0.25) is 0 Å². The van der Waals surface area contributed by atoms with Gasteiger partial charge in [0.1, 0.15) is 4.83 Å². The van der Waals surface area contributed by atoms with Crippen LogP contribution in [0.3, 0.4) is 0 Å². The zero-order valence-corrected chi connectivity index (χ0v) is 16.7. The number of aromatic amines is 1. The molecule has 0 saturated heterocycles. The highest BCUT2D eigenvalue weighted by Gasteiger charge is 2.24. The molecule has 5 nitrogen and oxygen atoms in total. The molecular weight excluding hydrogens is 372 g/mol. The van der Waals surface area contributed by atoms with Gasteiger partial charge >= 0.3 is 5.97 Å². The van der Waals surface area contributed by atoms with E-state index in [1.807, 2.05) is 30.3 Å². The van der Waals surface area contributed by atoms with Crippen molar-refractivity contribution in [3.05, 3.63) is 68.6 Å². The molecule has 1 aromatic carbocycles. The molecule has 4 rings (SSSR count). The van der Waals surface area contributed by atoms with E-state index in [1.54, 1.807) is 24.3 Å². The van der Waals surface area contributed by atoms with Gasteiger partial charge in [0.25, 0.3) is 5.56 Å². The van der Waals surface area contributed by atoms with Crippen LogP contribution in [-0.4, -0.2) is 15.9 Å². The maximum absolute atomic E-state index is 12.7. The van der Waals surface area contributed by atoms with Crippen molar-refractivity contribution in [3.63, 3.8) is 0 Å². The van der Waals surface area contributed by atoms with Crippen LogP contribution < -0.4 is 5.56 Å². The summed E-state index contributed by atoms with van der Waals surface area (Å²) in [6, 6.07) is 9.52. The van der Waals surface area contributed by atoms with Crippen molar-refractivity contribution in [2.24, 2.45) is 5.92 Å². The number of rotatable bonds is 4. The molecule has 0 saturated carbocycles. The van der Waals surface area contributed by atoms with Crippen molar-refractivity contribution >= 4 is 33.6 Å². The number of aryl methyl sites for hydroxylation is 1. The molecule has 1 aliphatic carbocycles. The Morgan fingerprint density at radius 3 is 2.93 bits per heavy atom. The maximum Gasteiger partial charge on any atom is 0.331 e. The average Bonchev–Trinajstić information content (AvgIpc) is 3.05. The van der Waals surface area contributed by atoms with Crippen LogP contribution in [0.15, 0.2) is 41.2 Å². The summed E-state index contributed by atoms with van der Waals surface area (Å²) in [5.41, 5.74) is 1.92. The molecule has 28 heavy (non-hydrogen) atoms. The number of hydrogen-bond donors (Lipinski definition) is 1. The van der Waals surface area contributed by atoms with Gasteiger partial charge in [0.15, 0.2) is 11.9 Å². The number of benzene rings is 1. The number of nitrogens with zero attached hydrogens (tertiary/aromatic N) is 1. The predicted molar refractivity (Wildman–Crippen MR) is 111 cm³/mol. The van der Waals surface area contributed by atoms with Gasteiger partial charge < -0.3 is 9.72 Å². The molecule has 0 bridgehead atoms. The van der Waals surface area contributed by atoms with Crippen LogP contribution in [0, 0.1) is 5.92 Å². The number of nitrogens with one attached hydrogen (secondary N) is 1. The van der Waals surface area contributed by atoms with Gasteiger partial charge in [-0.2, -0.15) is 0 Å². The molecule has 2 heterocycles. The van der Waals surface area contributed by atoms with Gasteiger partial charge in [-0.05, 0) is 49.3 Å². The number of hydrogen-bond acceptors (Lipinski definition) is 5. The van der Waals surface area contributed by atoms with Gasteiger partial charge in [-0.25, -0.2) is 9.78 Å². The number of fused-ring (bicyclic) bond motifs is 3. The van der Waals surface area contributed by atoms with E-state index in [0.29, 0.717) is 17.1 Å². The van der Waals surface area contributed by atoms with E-state index in [-0.39, 0.29) is 5.56 Å². The van der Waals surface area contributed by atoms with E-state index >= 15 is 0 Å². The summed E-state index contributed by atoms with van der Waals surface area (Å²) in [5, 5.41) is 0.707. The lowest BCUT2D eigenvalue weighted by molar-refractivity contribution is -0.142. The van der Waals surface area contributed by atoms with Crippen LogP contribution in [0.2, 0.25) is 0 Å². The molecule has 0 fully saturated rings. The molecular formula is C22H22N2O3S. The number of aromatic nitrogens is 2. The van der Waals surface area contributed by atoms with Gasteiger partial charge in [-0.3, -0.25) is 4.79 Å². The highest BCUT2D eigenvalue weighted by atomic mass is 32.1. The number of esters is 1. The van der Waals surface area contributed by atoms with Crippen LogP contribution in [0.5, 0.6) is 0 Å². The molecule has 1 aliphatic rings. The maximum atomic E-state index is 12.7. The van der Waals surface area contributed by atoms with Crippen molar-refractivity contribution in [1.82, 2.24) is 9.97 Å². The Hall–Kier alpha value is -2.73. The fraction of sp³-hybridized carbons (Fsp3) is 0.318. The zero-order valence-electron chi connectivity index (χ0n) is 15.9. The van der Waals surface area contributed by atoms with Crippen LogP contribution in [0.25, 0.3) is 16.3 Å². The first kappa shape index (κ1) is 18.6. The summed E-state index contributed by atoms with van der Waals surface area (Å²) in [7, 11) is 0. The fourth-order valence-electron chi connectivity index (χ4n) is 3.56. The minimum absolute atomic E-state index is 0.144. The third kappa shape index (κ3) is 3.78. The number of H-pyrrole nitrogens is 1. The molecule has 6 heteroatoms. The SMILES string of the molecule is C[C@@H]1CCc2c(sc3nc([C@H](C)OC(=O)/C=C/c4ccccc4)[nH]c(=O)c23)C1. The number of carbonyl (C=O) groups is 1. The molecule has 0 unspecified atom stereocenters. The van der Waals surface area contributed by atoms with Crippen LogP contribution in [-0.2, 0) is 22.4 Å². The first-order valence-electron chi connectivity index (χ1n) is 9.49. The fourth-order valence-corrected chi connectivity index (χ4v) is 4.95. The van der Waals surface area contributed by atoms with Gasteiger partial charge in [0, 0.05) is 11.0 Å². The van der Waals surface area contributed by atoms with Crippen molar-refractivity contribution in [3.8, 4) is 0 Å². The minimum atomic E-state index is -0.636. The smallest absolute Gasteiger partial charge is 0.331 e.